The van der Waals surface area contributed by atoms with E-state index in [0.29, 0.717) is 0 Å². The minimum absolute atomic E-state index is 0.0840. The predicted octanol–water partition coefficient (Wildman–Crippen LogP) is 1.78. The summed E-state index contributed by atoms with van der Waals surface area (Å²) in [6.45, 7) is 6.25. The van der Waals surface area contributed by atoms with Crippen molar-refractivity contribution in [2.24, 2.45) is 71.0 Å². The first-order valence-corrected chi connectivity index (χ1v) is 8.33. The molecule has 0 radical (unpaired) electrons. The lowest BCUT2D eigenvalue weighted by Crippen LogP contribution is -2.38. The van der Waals surface area contributed by atoms with Crippen molar-refractivity contribution in [3.63, 3.8) is 0 Å². The summed E-state index contributed by atoms with van der Waals surface area (Å²) in [5, 5.41) is 0. The topological polar surface area (TPSA) is 18.5 Å². The third kappa shape index (κ3) is 0.504. The van der Waals surface area contributed by atoms with Crippen LogP contribution in [0.5, 0.6) is 0 Å². The lowest BCUT2D eigenvalue weighted by molar-refractivity contribution is -0.198. The predicted molar refractivity (Wildman–Crippen MR) is 65.7 cm³/mol. The van der Waals surface area contributed by atoms with E-state index in [9.17, 15) is 0 Å². The molecule has 1 heterocycles. The first kappa shape index (κ1) is 8.84. The lowest BCUT2D eigenvalue weighted by Gasteiger charge is -2.30. The van der Waals surface area contributed by atoms with Gasteiger partial charge in [0.2, 0.25) is 0 Å². The highest BCUT2D eigenvalue weighted by Gasteiger charge is 2.95. The molecule has 19 heavy (non-hydrogen) atoms. The highest BCUT2D eigenvalue weighted by molar-refractivity contribution is 5.47. The molecular weight excluding hydrogens is 236 g/mol. The van der Waals surface area contributed by atoms with E-state index in [0.717, 1.165) is 84.2 Å². The van der Waals surface area contributed by atoms with Crippen molar-refractivity contribution in [1.82, 2.24) is 0 Å². The van der Waals surface area contributed by atoms with Crippen molar-refractivity contribution in [1.29, 1.82) is 0 Å². The number of hydrogen-bond donors (Lipinski definition) is 0. The normalized spacial score (nSPS) is 80.3. The maximum absolute atomic E-state index is 6.32. The molecule has 8 atom stereocenters. The number of allylic oxidation sites excluding steroid dienone is 1. The van der Waals surface area contributed by atoms with E-state index in [1.807, 2.05) is 0 Å². The van der Waals surface area contributed by atoms with E-state index in [-0.39, 0.29) is 5.79 Å². The third-order valence-electron chi connectivity index (χ3n) is 9.40. The maximum Gasteiger partial charge on any atom is 0.175 e. The minimum atomic E-state index is -0.0840. The molecule has 1 aliphatic heterocycles. The van der Waals surface area contributed by atoms with E-state index in [1.54, 1.807) is 5.57 Å². The van der Waals surface area contributed by atoms with Crippen LogP contribution in [0.4, 0.5) is 0 Å². The summed E-state index contributed by atoms with van der Waals surface area (Å²) in [6.07, 6.45) is 0. The molecule has 9 aliphatic rings. The Kier molecular flexibility index (Phi) is 0.963. The molecule has 0 amide bonds. The zero-order chi connectivity index (χ0) is 11.8. The van der Waals surface area contributed by atoms with Crippen LogP contribution in [-0.4, -0.2) is 19.0 Å². The van der Waals surface area contributed by atoms with Gasteiger partial charge in [0.15, 0.2) is 5.79 Å². The summed E-state index contributed by atoms with van der Waals surface area (Å²) in [7, 11) is 0. The minimum Gasteiger partial charge on any atom is -0.347 e. The smallest absolute Gasteiger partial charge is 0.175 e. The largest absolute Gasteiger partial charge is 0.347 e. The van der Waals surface area contributed by atoms with Crippen LogP contribution in [-0.2, 0) is 9.47 Å². The van der Waals surface area contributed by atoms with Crippen LogP contribution in [0.2, 0.25) is 0 Å². The summed E-state index contributed by atoms with van der Waals surface area (Å²) in [6, 6.07) is 0. The first-order valence-electron chi connectivity index (χ1n) is 8.33. The maximum atomic E-state index is 6.32. The van der Waals surface area contributed by atoms with Crippen LogP contribution in [0.3, 0.4) is 0 Å². The van der Waals surface area contributed by atoms with Crippen molar-refractivity contribution in [3.05, 3.63) is 12.2 Å². The molecule has 2 heteroatoms. The highest BCUT2D eigenvalue weighted by Crippen LogP contribution is 2.95. The van der Waals surface area contributed by atoms with Crippen molar-refractivity contribution >= 4 is 0 Å². The molecule has 0 N–H and O–H groups in total. The average Bonchev–Trinajstić information content (AvgIpc) is 3.14. The second-order valence-corrected chi connectivity index (χ2v) is 8.72. The van der Waals surface area contributed by atoms with E-state index in [1.165, 1.54) is 0 Å². The Morgan fingerprint density at radius 3 is 1.58 bits per heavy atom. The fraction of sp³-hybridized carbons (Fsp3) is 0.882. The molecule has 9 fully saturated rings. The summed E-state index contributed by atoms with van der Waals surface area (Å²) in [5.41, 5.74) is 1.70. The van der Waals surface area contributed by atoms with Gasteiger partial charge in [0.05, 0.1) is 13.2 Å². The fourth-order valence-electron chi connectivity index (χ4n) is 10.2. The van der Waals surface area contributed by atoms with E-state index in [2.05, 4.69) is 6.58 Å². The van der Waals surface area contributed by atoms with Crippen LogP contribution < -0.4 is 0 Å². The van der Waals surface area contributed by atoms with Gasteiger partial charge < -0.3 is 9.47 Å². The van der Waals surface area contributed by atoms with E-state index >= 15 is 0 Å². The van der Waals surface area contributed by atoms with Crippen LogP contribution >= 0.6 is 0 Å². The Balaban J connectivity index is 1.50. The van der Waals surface area contributed by atoms with Crippen LogP contribution in [0.25, 0.3) is 0 Å². The van der Waals surface area contributed by atoms with Gasteiger partial charge in [-0.2, -0.15) is 0 Å². The fourth-order valence-corrected chi connectivity index (χ4v) is 10.2. The monoisotopic (exact) mass is 254 g/mol. The Labute approximate surface area is 112 Å². The van der Waals surface area contributed by atoms with Gasteiger partial charge in [0.1, 0.15) is 0 Å². The van der Waals surface area contributed by atoms with E-state index in [4.69, 9.17) is 9.47 Å². The first-order chi connectivity index (χ1) is 9.36. The molecule has 8 saturated carbocycles. The number of hydrogen-bond acceptors (Lipinski definition) is 2. The molecule has 98 valence electrons. The zero-order valence-corrected chi connectivity index (χ0v) is 10.9. The summed E-state index contributed by atoms with van der Waals surface area (Å²) in [4.78, 5) is 0. The lowest BCUT2D eigenvalue weighted by atomic mass is 9.80. The van der Waals surface area contributed by atoms with Gasteiger partial charge in [0, 0.05) is 11.8 Å². The van der Waals surface area contributed by atoms with Gasteiger partial charge in [-0.3, -0.25) is 0 Å². The summed E-state index contributed by atoms with van der Waals surface area (Å²) >= 11 is 0. The van der Waals surface area contributed by atoms with Crippen molar-refractivity contribution < 1.29 is 9.47 Å². The van der Waals surface area contributed by atoms with E-state index < -0.39 is 0 Å². The Hall–Kier alpha value is -0.340. The molecular formula is C17H18O2. The molecule has 0 aromatic carbocycles. The molecule has 2 nitrogen and oxygen atoms in total. The van der Waals surface area contributed by atoms with Gasteiger partial charge >= 0.3 is 0 Å². The van der Waals surface area contributed by atoms with Gasteiger partial charge in [-0.05, 0) is 59.2 Å². The van der Waals surface area contributed by atoms with Crippen molar-refractivity contribution in [2.75, 3.05) is 13.2 Å². The molecule has 1 saturated heterocycles. The van der Waals surface area contributed by atoms with Crippen LogP contribution in [0, 0.1) is 71.0 Å². The Bertz CT molecular complexity index is 514. The zero-order valence-electron chi connectivity index (χ0n) is 10.9. The van der Waals surface area contributed by atoms with Crippen LogP contribution in [0.15, 0.2) is 12.2 Å². The summed E-state index contributed by atoms with van der Waals surface area (Å²) < 4.78 is 12.6. The second kappa shape index (κ2) is 2.07. The SMILES string of the molecule is C=C1C2C3C4C1C1C2C2C3C3C4C1C2C31OCCO1. The molecule has 9 rings (SSSR count). The molecule has 0 aromatic rings. The molecule has 1 spiro atoms. The quantitative estimate of drug-likeness (QED) is 0.613. The number of rotatable bonds is 0. The molecule has 8 unspecified atom stereocenters. The number of ether oxygens (including phenoxy) is 2. The highest BCUT2D eigenvalue weighted by atomic mass is 16.7. The Morgan fingerprint density at radius 2 is 1.16 bits per heavy atom. The second-order valence-electron chi connectivity index (χ2n) is 8.72. The third-order valence-corrected chi connectivity index (χ3v) is 9.40. The van der Waals surface area contributed by atoms with Gasteiger partial charge in [-0.1, -0.05) is 12.2 Å². The van der Waals surface area contributed by atoms with Gasteiger partial charge in [-0.25, -0.2) is 0 Å². The standard InChI is InChI=1S/C17H18O2/c1-4-5-7-9-6(4)10-8(5)12-11(7)15-13(9)14(10)16(12)17(15)18-2-3-19-17/h5-16H,1-3H2. The molecule has 8 aliphatic carbocycles. The van der Waals surface area contributed by atoms with Gasteiger partial charge in [-0.15, -0.1) is 0 Å². The van der Waals surface area contributed by atoms with Crippen LogP contribution in [0.1, 0.15) is 0 Å². The van der Waals surface area contributed by atoms with Gasteiger partial charge in [0.25, 0.3) is 0 Å². The Morgan fingerprint density at radius 1 is 0.737 bits per heavy atom. The average molecular weight is 254 g/mol. The molecule has 4 bridgehead atoms. The summed E-state index contributed by atoms with van der Waals surface area (Å²) in [5.74, 6) is 11.3. The van der Waals surface area contributed by atoms with Crippen molar-refractivity contribution in [2.45, 2.75) is 5.79 Å². The molecule has 0 aromatic heterocycles. The van der Waals surface area contributed by atoms with Crippen molar-refractivity contribution in [3.8, 4) is 0 Å².